The van der Waals surface area contributed by atoms with E-state index in [0.29, 0.717) is 10.2 Å². The zero-order valence-electron chi connectivity index (χ0n) is 13.3. The Balaban J connectivity index is 2.36. The van der Waals surface area contributed by atoms with Crippen molar-refractivity contribution in [2.75, 3.05) is 5.32 Å². The highest BCUT2D eigenvalue weighted by molar-refractivity contribution is 9.10. The number of ketones is 2. The van der Waals surface area contributed by atoms with Gasteiger partial charge >= 0.3 is 0 Å². The molecule has 0 spiro atoms. The van der Waals surface area contributed by atoms with Crippen LogP contribution in [0.15, 0.2) is 39.7 Å². The Labute approximate surface area is 153 Å². The monoisotopic (exact) mass is 423 g/mol. The van der Waals surface area contributed by atoms with Gasteiger partial charge in [0.1, 0.15) is 4.90 Å². The summed E-state index contributed by atoms with van der Waals surface area (Å²) in [5.74, 6) is -1.10. The van der Waals surface area contributed by atoms with Crippen molar-refractivity contribution in [3.63, 3.8) is 0 Å². The van der Waals surface area contributed by atoms with Crippen LogP contribution < -0.4 is 5.32 Å². The summed E-state index contributed by atoms with van der Waals surface area (Å²) >= 11 is 3.26. The predicted octanol–water partition coefficient (Wildman–Crippen LogP) is 3.29. The molecule has 6 nitrogen and oxygen atoms in total. The van der Waals surface area contributed by atoms with E-state index in [2.05, 4.69) is 21.2 Å². The van der Waals surface area contributed by atoms with Crippen LogP contribution in [0.1, 0.15) is 45.7 Å². The van der Waals surface area contributed by atoms with E-state index in [4.69, 9.17) is 0 Å². The zero-order chi connectivity index (χ0) is 18.5. The lowest BCUT2D eigenvalue weighted by Gasteiger charge is -2.24. The van der Waals surface area contributed by atoms with Gasteiger partial charge in [0.2, 0.25) is 0 Å². The SMILES string of the molecule is CC(C)Nc1ccc(Br)c2c1C(=O)c1cccc(S(=O)(=O)O)c1C2=O. The van der Waals surface area contributed by atoms with Gasteiger partial charge in [0.15, 0.2) is 11.6 Å². The fourth-order valence-electron chi connectivity index (χ4n) is 2.90. The van der Waals surface area contributed by atoms with Crippen LogP contribution in [0.3, 0.4) is 0 Å². The van der Waals surface area contributed by atoms with E-state index in [9.17, 15) is 22.6 Å². The number of anilines is 1. The molecule has 1 aliphatic carbocycles. The summed E-state index contributed by atoms with van der Waals surface area (Å²) in [4.78, 5) is 25.4. The Hall–Kier alpha value is -2.03. The highest BCUT2D eigenvalue weighted by Crippen LogP contribution is 2.38. The molecule has 0 saturated carbocycles. The molecule has 0 amide bonds. The average molecular weight is 424 g/mol. The molecule has 25 heavy (non-hydrogen) atoms. The van der Waals surface area contributed by atoms with Crippen LogP contribution in [0.5, 0.6) is 0 Å². The fraction of sp³-hybridized carbons (Fsp3) is 0.176. The molecule has 2 aromatic carbocycles. The Morgan fingerprint density at radius 2 is 1.68 bits per heavy atom. The lowest BCUT2D eigenvalue weighted by Crippen LogP contribution is -2.26. The van der Waals surface area contributed by atoms with Gasteiger partial charge in [0.05, 0.1) is 16.7 Å². The number of fused-ring (bicyclic) bond motifs is 2. The number of hydrogen-bond acceptors (Lipinski definition) is 5. The average Bonchev–Trinajstić information content (AvgIpc) is 2.52. The minimum Gasteiger partial charge on any atom is -0.382 e. The first kappa shape index (κ1) is 17.8. The minimum atomic E-state index is -4.65. The van der Waals surface area contributed by atoms with Gasteiger partial charge in [-0.1, -0.05) is 28.1 Å². The number of nitrogens with one attached hydrogen (secondary N) is 1. The third-order valence-electron chi connectivity index (χ3n) is 3.83. The topological polar surface area (TPSA) is 101 Å². The summed E-state index contributed by atoms with van der Waals surface area (Å²) in [7, 11) is -4.65. The van der Waals surface area contributed by atoms with Gasteiger partial charge in [0, 0.05) is 21.8 Å². The number of hydrogen-bond donors (Lipinski definition) is 2. The maximum Gasteiger partial charge on any atom is 0.295 e. The van der Waals surface area contributed by atoms with Crippen molar-refractivity contribution in [3.8, 4) is 0 Å². The van der Waals surface area contributed by atoms with Crippen molar-refractivity contribution in [3.05, 3.63) is 57.1 Å². The van der Waals surface area contributed by atoms with Gasteiger partial charge in [0.25, 0.3) is 10.1 Å². The third kappa shape index (κ3) is 2.90. The molecule has 1 aliphatic rings. The Kier molecular flexibility index (Phi) is 4.30. The van der Waals surface area contributed by atoms with Gasteiger partial charge in [-0.2, -0.15) is 8.42 Å². The summed E-state index contributed by atoms with van der Waals surface area (Å²) in [6.45, 7) is 3.79. The van der Waals surface area contributed by atoms with Crippen molar-refractivity contribution in [1.29, 1.82) is 0 Å². The van der Waals surface area contributed by atoms with E-state index in [1.54, 1.807) is 12.1 Å². The molecule has 0 fully saturated rings. The molecule has 2 N–H and O–H groups in total. The van der Waals surface area contributed by atoms with Crippen LogP contribution in [0.25, 0.3) is 0 Å². The molecule has 2 aromatic rings. The lowest BCUT2D eigenvalue weighted by atomic mass is 9.83. The van der Waals surface area contributed by atoms with Crippen molar-refractivity contribution in [2.45, 2.75) is 24.8 Å². The van der Waals surface area contributed by atoms with Gasteiger partial charge in [-0.05, 0) is 32.0 Å². The van der Waals surface area contributed by atoms with E-state index in [-0.39, 0.29) is 28.3 Å². The van der Waals surface area contributed by atoms with Crippen LogP contribution in [0.2, 0.25) is 0 Å². The molecule has 3 rings (SSSR count). The number of benzene rings is 2. The molecule has 130 valence electrons. The molecular weight excluding hydrogens is 410 g/mol. The van der Waals surface area contributed by atoms with E-state index >= 15 is 0 Å². The zero-order valence-corrected chi connectivity index (χ0v) is 15.7. The Bertz CT molecular complexity index is 1030. The largest absolute Gasteiger partial charge is 0.382 e. The molecule has 8 heteroatoms. The molecule has 0 aromatic heterocycles. The van der Waals surface area contributed by atoms with Crippen molar-refractivity contribution in [2.24, 2.45) is 0 Å². The summed E-state index contributed by atoms with van der Waals surface area (Å²) in [6.07, 6.45) is 0. The summed E-state index contributed by atoms with van der Waals surface area (Å²) in [5, 5.41) is 3.13. The van der Waals surface area contributed by atoms with Crippen LogP contribution in [-0.2, 0) is 10.1 Å². The van der Waals surface area contributed by atoms with Crippen LogP contribution >= 0.6 is 15.9 Å². The van der Waals surface area contributed by atoms with Gasteiger partial charge in [-0.15, -0.1) is 0 Å². The summed E-state index contributed by atoms with van der Waals surface area (Å²) < 4.78 is 33.1. The van der Waals surface area contributed by atoms with E-state index < -0.39 is 26.6 Å². The van der Waals surface area contributed by atoms with E-state index in [1.165, 1.54) is 12.1 Å². The second-order valence-electron chi connectivity index (χ2n) is 5.96. The van der Waals surface area contributed by atoms with E-state index in [0.717, 1.165) is 6.07 Å². The second kappa shape index (κ2) is 6.05. The smallest absolute Gasteiger partial charge is 0.295 e. The first-order chi connectivity index (χ1) is 11.6. The summed E-state index contributed by atoms with van der Waals surface area (Å²) in [5.41, 5.74) is 0.421. The molecule has 0 saturated heterocycles. The molecule has 0 aliphatic heterocycles. The number of carbonyl (C=O) groups excluding carboxylic acids is 2. The molecular formula is C17H14BrNO5S. The molecule has 0 bridgehead atoms. The second-order valence-corrected chi connectivity index (χ2v) is 8.20. The molecule has 0 heterocycles. The number of rotatable bonds is 3. The van der Waals surface area contributed by atoms with E-state index in [1.807, 2.05) is 13.8 Å². The standard InChI is InChI=1S/C17H14BrNO5S/c1-8(2)19-11-7-6-10(18)14-15(11)16(20)9-4-3-5-12(25(22,23)24)13(9)17(14)21/h3-8,19H,1-2H3,(H,22,23,24). The quantitative estimate of drug-likeness (QED) is 0.626. The van der Waals surface area contributed by atoms with Crippen molar-refractivity contribution >= 4 is 43.3 Å². The van der Waals surface area contributed by atoms with Crippen molar-refractivity contribution in [1.82, 2.24) is 0 Å². The highest BCUT2D eigenvalue weighted by Gasteiger charge is 2.37. The van der Waals surface area contributed by atoms with Crippen LogP contribution in [0, 0.1) is 0 Å². The Morgan fingerprint density at radius 3 is 2.28 bits per heavy atom. The maximum absolute atomic E-state index is 13.0. The third-order valence-corrected chi connectivity index (χ3v) is 5.39. The Morgan fingerprint density at radius 1 is 1.00 bits per heavy atom. The first-order valence-corrected chi connectivity index (χ1v) is 9.65. The fourth-order valence-corrected chi connectivity index (χ4v) is 4.12. The van der Waals surface area contributed by atoms with Gasteiger partial charge in [-0.3, -0.25) is 14.1 Å². The molecule has 0 atom stereocenters. The highest BCUT2D eigenvalue weighted by atomic mass is 79.9. The van der Waals surface area contributed by atoms with Crippen molar-refractivity contribution < 1.29 is 22.6 Å². The summed E-state index contributed by atoms with van der Waals surface area (Å²) in [6, 6.07) is 7.15. The maximum atomic E-state index is 13.0. The number of halogens is 1. The van der Waals surface area contributed by atoms with Crippen LogP contribution in [-0.4, -0.2) is 30.6 Å². The first-order valence-electron chi connectivity index (χ1n) is 7.42. The normalized spacial score (nSPS) is 13.6. The minimum absolute atomic E-state index is 0.0266. The molecule has 0 radical (unpaired) electrons. The molecule has 0 unspecified atom stereocenters. The van der Waals surface area contributed by atoms with Crippen LogP contribution in [0.4, 0.5) is 5.69 Å². The van der Waals surface area contributed by atoms with Gasteiger partial charge < -0.3 is 5.32 Å². The predicted molar refractivity (Wildman–Crippen MR) is 96.0 cm³/mol. The van der Waals surface area contributed by atoms with Gasteiger partial charge in [-0.25, -0.2) is 0 Å². The number of carbonyl (C=O) groups is 2. The lowest BCUT2D eigenvalue weighted by molar-refractivity contribution is 0.0976.